The molecule has 0 heterocycles. The first-order valence-electron chi connectivity index (χ1n) is 3.59. The fourth-order valence-electron chi connectivity index (χ4n) is 1.03. The van der Waals surface area contributed by atoms with E-state index in [2.05, 4.69) is 25.3 Å². The first kappa shape index (κ1) is 9.77. The molecule has 1 rings (SSSR count). The highest BCUT2D eigenvalue weighted by Gasteiger charge is 2.04. The van der Waals surface area contributed by atoms with Gasteiger partial charge in [0.25, 0.3) is 0 Å². The summed E-state index contributed by atoms with van der Waals surface area (Å²) in [5, 5.41) is 9.16. The molecule has 0 radical (unpaired) electrons. The van der Waals surface area contributed by atoms with Gasteiger partial charge in [-0.05, 0) is 30.7 Å². The zero-order valence-corrected chi connectivity index (χ0v) is 8.28. The van der Waals surface area contributed by atoms with Crippen molar-refractivity contribution in [2.75, 3.05) is 6.54 Å². The SMILES string of the molecule is NCCc1c(S)cc(O)cc1S. The monoisotopic (exact) mass is 201 g/mol. The molecule has 0 saturated heterocycles. The third kappa shape index (κ3) is 2.09. The van der Waals surface area contributed by atoms with Crippen LogP contribution < -0.4 is 5.73 Å². The molecular formula is C8H11NOS2. The molecule has 0 atom stereocenters. The summed E-state index contributed by atoms with van der Waals surface area (Å²) in [6.07, 6.45) is 0.734. The molecule has 0 spiro atoms. The lowest BCUT2D eigenvalue weighted by Crippen LogP contribution is -2.04. The number of hydrogen-bond donors (Lipinski definition) is 4. The number of thiol groups is 2. The van der Waals surface area contributed by atoms with E-state index in [1.54, 1.807) is 12.1 Å². The normalized spacial score (nSPS) is 10.2. The number of phenols is 1. The van der Waals surface area contributed by atoms with E-state index in [0.29, 0.717) is 6.54 Å². The molecule has 0 unspecified atom stereocenters. The van der Waals surface area contributed by atoms with E-state index < -0.39 is 0 Å². The van der Waals surface area contributed by atoms with Crippen molar-refractivity contribution < 1.29 is 5.11 Å². The van der Waals surface area contributed by atoms with Crippen LogP contribution in [0.2, 0.25) is 0 Å². The second-order valence-corrected chi connectivity index (χ2v) is 3.46. The Hall–Kier alpha value is -0.320. The van der Waals surface area contributed by atoms with E-state index in [9.17, 15) is 0 Å². The van der Waals surface area contributed by atoms with Crippen LogP contribution in [-0.4, -0.2) is 11.7 Å². The highest BCUT2D eigenvalue weighted by Crippen LogP contribution is 2.27. The molecule has 0 saturated carbocycles. The van der Waals surface area contributed by atoms with Gasteiger partial charge in [0.1, 0.15) is 5.75 Å². The van der Waals surface area contributed by atoms with E-state index >= 15 is 0 Å². The van der Waals surface area contributed by atoms with E-state index in [1.807, 2.05) is 0 Å². The molecule has 0 aliphatic carbocycles. The topological polar surface area (TPSA) is 46.2 Å². The Morgan fingerprint density at radius 3 is 2.17 bits per heavy atom. The van der Waals surface area contributed by atoms with Gasteiger partial charge in [0.2, 0.25) is 0 Å². The van der Waals surface area contributed by atoms with E-state index in [-0.39, 0.29) is 5.75 Å². The van der Waals surface area contributed by atoms with Crippen molar-refractivity contribution in [3.8, 4) is 5.75 Å². The lowest BCUT2D eigenvalue weighted by Gasteiger charge is -2.07. The summed E-state index contributed by atoms with van der Waals surface area (Å²) in [5.74, 6) is 0.186. The van der Waals surface area contributed by atoms with Gasteiger partial charge in [-0.25, -0.2) is 0 Å². The van der Waals surface area contributed by atoms with Crippen LogP contribution in [0.15, 0.2) is 21.9 Å². The summed E-state index contributed by atoms with van der Waals surface area (Å²) < 4.78 is 0. The Morgan fingerprint density at radius 2 is 1.75 bits per heavy atom. The molecule has 4 heteroatoms. The van der Waals surface area contributed by atoms with Gasteiger partial charge in [-0.3, -0.25) is 0 Å². The van der Waals surface area contributed by atoms with Crippen LogP contribution in [0.5, 0.6) is 5.75 Å². The van der Waals surface area contributed by atoms with Crippen molar-refractivity contribution >= 4 is 25.3 Å². The average molecular weight is 201 g/mol. The van der Waals surface area contributed by atoms with Crippen LogP contribution in [0.4, 0.5) is 0 Å². The minimum atomic E-state index is 0.186. The highest BCUT2D eigenvalue weighted by molar-refractivity contribution is 7.81. The molecular weight excluding hydrogens is 190 g/mol. The summed E-state index contributed by atoms with van der Waals surface area (Å²) in [6, 6.07) is 3.18. The maximum absolute atomic E-state index is 9.16. The Morgan fingerprint density at radius 1 is 1.25 bits per heavy atom. The molecule has 66 valence electrons. The van der Waals surface area contributed by atoms with Gasteiger partial charge in [-0.2, -0.15) is 0 Å². The van der Waals surface area contributed by atoms with Crippen molar-refractivity contribution in [2.24, 2.45) is 5.73 Å². The lowest BCUT2D eigenvalue weighted by molar-refractivity contribution is 0.471. The minimum absolute atomic E-state index is 0.186. The maximum Gasteiger partial charge on any atom is 0.117 e. The molecule has 1 aromatic carbocycles. The summed E-state index contributed by atoms with van der Waals surface area (Å²) in [7, 11) is 0. The van der Waals surface area contributed by atoms with Crippen molar-refractivity contribution in [3.63, 3.8) is 0 Å². The predicted molar refractivity (Wildman–Crippen MR) is 55.4 cm³/mol. The maximum atomic E-state index is 9.16. The number of hydrogen-bond acceptors (Lipinski definition) is 4. The standard InChI is InChI=1S/C8H11NOS2/c9-2-1-6-7(11)3-5(10)4-8(6)12/h3-4,10-12H,1-2,9H2. The van der Waals surface area contributed by atoms with Crippen molar-refractivity contribution in [3.05, 3.63) is 17.7 Å². The van der Waals surface area contributed by atoms with Gasteiger partial charge >= 0.3 is 0 Å². The first-order chi connectivity index (χ1) is 5.65. The number of nitrogens with two attached hydrogens (primary N) is 1. The third-order valence-corrected chi connectivity index (χ3v) is 2.38. The molecule has 0 bridgehead atoms. The second-order valence-electron chi connectivity index (χ2n) is 2.50. The van der Waals surface area contributed by atoms with Crippen molar-refractivity contribution in [1.82, 2.24) is 0 Å². The first-order valence-corrected chi connectivity index (χ1v) is 4.48. The predicted octanol–water partition coefficient (Wildman–Crippen LogP) is 1.47. The minimum Gasteiger partial charge on any atom is -0.508 e. The van der Waals surface area contributed by atoms with Crippen molar-refractivity contribution in [1.29, 1.82) is 0 Å². The summed E-state index contributed by atoms with van der Waals surface area (Å²) in [6.45, 7) is 0.561. The molecule has 0 aliphatic heterocycles. The van der Waals surface area contributed by atoms with E-state index in [1.165, 1.54) is 0 Å². The molecule has 0 fully saturated rings. The molecule has 2 nitrogen and oxygen atoms in total. The van der Waals surface area contributed by atoms with Crippen LogP contribution >= 0.6 is 25.3 Å². The van der Waals surface area contributed by atoms with Crippen LogP contribution in [0.3, 0.4) is 0 Å². The summed E-state index contributed by atoms with van der Waals surface area (Å²) >= 11 is 8.41. The summed E-state index contributed by atoms with van der Waals surface area (Å²) in [5.41, 5.74) is 6.39. The number of phenolic OH excluding ortho intramolecular Hbond substituents is 1. The quantitative estimate of drug-likeness (QED) is 0.548. The fraction of sp³-hybridized carbons (Fsp3) is 0.250. The van der Waals surface area contributed by atoms with Crippen LogP contribution in [0, 0.1) is 0 Å². The van der Waals surface area contributed by atoms with Gasteiger partial charge in [0.05, 0.1) is 0 Å². The van der Waals surface area contributed by atoms with Gasteiger partial charge < -0.3 is 10.8 Å². The van der Waals surface area contributed by atoms with Gasteiger partial charge in [-0.15, -0.1) is 25.3 Å². The average Bonchev–Trinajstić information content (AvgIpc) is 1.96. The second kappa shape index (κ2) is 4.07. The van der Waals surface area contributed by atoms with Gasteiger partial charge in [0, 0.05) is 9.79 Å². The largest absolute Gasteiger partial charge is 0.508 e. The lowest BCUT2D eigenvalue weighted by atomic mass is 10.1. The van der Waals surface area contributed by atoms with Crippen LogP contribution in [-0.2, 0) is 6.42 Å². The fourth-order valence-corrected chi connectivity index (χ4v) is 1.84. The highest BCUT2D eigenvalue weighted by atomic mass is 32.1. The Labute approximate surface area is 82.6 Å². The molecule has 0 amide bonds. The zero-order valence-electron chi connectivity index (χ0n) is 6.49. The molecule has 3 N–H and O–H groups in total. The number of benzene rings is 1. The zero-order chi connectivity index (χ0) is 9.14. The Balaban J connectivity index is 3.10. The van der Waals surface area contributed by atoms with Gasteiger partial charge in [0.15, 0.2) is 0 Å². The molecule has 0 aromatic heterocycles. The molecule has 1 aromatic rings. The third-order valence-electron chi connectivity index (χ3n) is 1.58. The van der Waals surface area contributed by atoms with Gasteiger partial charge in [-0.1, -0.05) is 0 Å². The van der Waals surface area contributed by atoms with E-state index in [0.717, 1.165) is 21.8 Å². The molecule has 12 heavy (non-hydrogen) atoms. The number of rotatable bonds is 2. The Bertz CT molecular complexity index is 265. The smallest absolute Gasteiger partial charge is 0.117 e. The van der Waals surface area contributed by atoms with Crippen LogP contribution in [0.1, 0.15) is 5.56 Å². The van der Waals surface area contributed by atoms with E-state index in [4.69, 9.17) is 10.8 Å². The number of aromatic hydroxyl groups is 1. The summed E-state index contributed by atoms with van der Waals surface area (Å²) in [4.78, 5) is 1.48. The Kier molecular flexibility index (Phi) is 3.31. The van der Waals surface area contributed by atoms with Crippen LogP contribution in [0.25, 0.3) is 0 Å². The molecule has 0 aliphatic rings. The van der Waals surface area contributed by atoms with Crippen molar-refractivity contribution in [2.45, 2.75) is 16.2 Å².